The summed E-state index contributed by atoms with van der Waals surface area (Å²) in [5.74, 6) is -0.208. The summed E-state index contributed by atoms with van der Waals surface area (Å²) >= 11 is 0. The smallest absolute Gasteiger partial charge is 0.263 e. The molecule has 1 aliphatic rings. The van der Waals surface area contributed by atoms with Crippen LogP contribution in [0, 0.1) is 5.92 Å². The number of amides is 2. The SMILES string of the molecule is CC[C@H](C)CN1C(=O)c2cnc3[nH]ncc3c2C1=O. The molecule has 19 heavy (non-hydrogen) atoms. The van der Waals surface area contributed by atoms with Crippen molar-refractivity contribution in [2.45, 2.75) is 20.3 Å². The number of hydrogen-bond donors (Lipinski definition) is 1. The Hall–Kier alpha value is -2.24. The molecule has 0 radical (unpaired) electrons. The molecule has 6 heteroatoms. The fraction of sp³-hybridized carbons (Fsp3) is 0.385. The van der Waals surface area contributed by atoms with E-state index in [4.69, 9.17) is 0 Å². The maximum Gasteiger partial charge on any atom is 0.263 e. The predicted octanol–water partition coefficient (Wildman–Crippen LogP) is 1.60. The number of imide groups is 1. The van der Waals surface area contributed by atoms with E-state index in [1.54, 1.807) is 6.20 Å². The number of carbonyl (C=O) groups is 2. The summed E-state index contributed by atoms with van der Waals surface area (Å²) in [6.07, 6.45) is 3.92. The van der Waals surface area contributed by atoms with E-state index in [1.807, 2.05) is 13.8 Å². The highest BCUT2D eigenvalue weighted by atomic mass is 16.2. The van der Waals surface area contributed by atoms with Gasteiger partial charge in [-0.25, -0.2) is 4.98 Å². The fourth-order valence-corrected chi connectivity index (χ4v) is 2.27. The van der Waals surface area contributed by atoms with Gasteiger partial charge in [0.05, 0.1) is 22.7 Å². The number of nitrogens with one attached hydrogen (secondary N) is 1. The van der Waals surface area contributed by atoms with Crippen LogP contribution in [0.1, 0.15) is 41.0 Å². The molecule has 1 atom stereocenters. The lowest BCUT2D eigenvalue weighted by molar-refractivity contribution is 0.0632. The van der Waals surface area contributed by atoms with E-state index < -0.39 is 0 Å². The normalized spacial score (nSPS) is 16.2. The first kappa shape index (κ1) is 11.8. The van der Waals surface area contributed by atoms with E-state index >= 15 is 0 Å². The number of carbonyl (C=O) groups excluding carboxylic acids is 2. The number of nitrogens with zero attached hydrogens (tertiary/aromatic N) is 3. The lowest BCUT2D eigenvalue weighted by Crippen LogP contribution is -2.33. The van der Waals surface area contributed by atoms with Gasteiger partial charge in [0.15, 0.2) is 5.65 Å². The van der Waals surface area contributed by atoms with Crippen LogP contribution in [0.2, 0.25) is 0 Å². The Balaban J connectivity index is 2.08. The molecular formula is C13H14N4O2. The first-order valence-electron chi connectivity index (χ1n) is 6.31. The predicted molar refractivity (Wildman–Crippen MR) is 68.7 cm³/mol. The summed E-state index contributed by atoms with van der Waals surface area (Å²) in [5.41, 5.74) is 1.33. The van der Waals surface area contributed by atoms with Gasteiger partial charge in [0, 0.05) is 12.7 Å². The van der Waals surface area contributed by atoms with Crippen molar-refractivity contribution in [2.75, 3.05) is 6.54 Å². The Bertz CT molecular complexity index is 676. The minimum absolute atomic E-state index is 0.242. The molecule has 0 aromatic carbocycles. The van der Waals surface area contributed by atoms with Crippen molar-refractivity contribution in [2.24, 2.45) is 5.92 Å². The Morgan fingerprint density at radius 1 is 1.32 bits per heavy atom. The van der Waals surface area contributed by atoms with Crippen molar-refractivity contribution in [3.05, 3.63) is 23.5 Å². The third kappa shape index (κ3) is 1.63. The van der Waals surface area contributed by atoms with E-state index in [0.29, 0.717) is 28.7 Å². The highest BCUT2D eigenvalue weighted by Gasteiger charge is 2.38. The van der Waals surface area contributed by atoms with Gasteiger partial charge in [-0.15, -0.1) is 0 Å². The molecule has 2 aromatic heterocycles. The molecule has 98 valence electrons. The van der Waals surface area contributed by atoms with Gasteiger partial charge in [0.25, 0.3) is 11.8 Å². The lowest BCUT2D eigenvalue weighted by atomic mass is 10.1. The lowest BCUT2D eigenvalue weighted by Gasteiger charge is -2.17. The van der Waals surface area contributed by atoms with Crippen LogP contribution in [0.25, 0.3) is 11.0 Å². The van der Waals surface area contributed by atoms with Gasteiger partial charge in [0.1, 0.15) is 0 Å². The van der Waals surface area contributed by atoms with Crippen LogP contribution in [-0.2, 0) is 0 Å². The van der Waals surface area contributed by atoms with Gasteiger partial charge in [-0.05, 0) is 5.92 Å². The van der Waals surface area contributed by atoms with E-state index in [2.05, 4.69) is 15.2 Å². The van der Waals surface area contributed by atoms with Crippen LogP contribution in [0.4, 0.5) is 0 Å². The number of aromatic nitrogens is 3. The second-order valence-electron chi connectivity index (χ2n) is 4.91. The number of fused-ring (bicyclic) bond motifs is 3. The molecule has 0 spiro atoms. The van der Waals surface area contributed by atoms with Crippen LogP contribution in [0.15, 0.2) is 12.4 Å². The van der Waals surface area contributed by atoms with Crippen LogP contribution < -0.4 is 0 Å². The molecule has 6 nitrogen and oxygen atoms in total. The number of pyridine rings is 1. The van der Waals surface area contributed by atoms with Crippen LogP contribution in [-0.4, -0.2) is 38.4 Å². The first-order chi connectivity index (χ1) is 9.13. The van der Waals surface area contributed by atoms with E-state index in [0.717, 1.165) is 6.42 Å². The largest absolute Gasteiger partial charge is 0.274 e. The maximum atomic E-state index is 12.4. The number of hydrogen-bond acceptors (Lipinski definition) is 4. The molecule has 1 aliphatic heterocycles. The second kappa shape index (κ2) is 4.15. The Morgan fingerprint density at radius 2 is 2.11 bits per heavy atom. The molecule has 2 amide bonds. The molecule has 1 N–H and O–H groups in total. The third-order valence-electron chi connectivity index (χ3n) is 3.61. The van der Waals surface area contributed by atoms with Crippen LogP contribution in [0.3, 0.4) is 0 Å². The summed E-state index contributed by atoms with van der Waals surface area (Å²) < 4.78 is 0. The van der Waals surface area contributed by atoms with Gasteiger partial charge in [0.2, 0.25) is 0 Å². The number of aromatic amines is 1. The molecule has 0 saturated carbocycles. The quantitative estimate of drug-likeness (QED) is 0.848. The molecular weight excluding hydrogens is 244 g/mol. The Labute approximate surface area is 109 Å². The second-order valence-corrected chi connectivity index (χ2v) is 4.91. The standard InChI is InChI=1S/C13H14N4O2/c1-3-7(2)6-17-12(18)9-4-14-11-8(5-15-16-11)10(9)13(17)19/h4-5,7H,3,6H2,1-2H3,(H,14,15,16)/t7-/m0/s1. The highest BCUT2D eigenvalue weighted by Crippen LogP contribution is 2.28. The van der Waals surface area contributed by atoms with Crippen molar-refractivity contribution in [3.8, 4) is 0 Å². The summed E-state index contributed by atoms with van der Waals surface area (Å²) in [5, 5.41) is 7.19. The highest BCUT2D eigenvalue weighted by molar-refractivity contribution is 6.25. The van der Waals surface area contributed by atoms with Crippen molar-refractivity contribution < 1.29 is 9.59 Å². The molecule has 0 unspecified atom stereocenters. The first-order valence-corrected chi connectivity index (χ1v) is 6.31. The number of H-pyrrole nitrogens is 1. The van der Waals surface area contributed by atoms with Gasteiger partial charge >= 0.3 is 0 Å². The van der Waals surface area contributed by atoms with E-state index in [1.165, 1.54) is 11.1 Å². The summed E-state index contributed by atoms with van der Waals surface area (Å²) in [4.78, 5) is 30.1. The zero-order valence-corrected chi connectivity index (χ0v) is 10.8. The van der Waals surface area contributed by atoms with Crippen molar-refractivity contribution >= 4 is 22.8 Å². The minimum Gasteiger partial charge on any atom is -0.274 e. The maximum absolute atomic E-state index is 12.4. The molecule has 0 saturated heterocycles. The average molecular weight is 258 g/mol. The summed E-state index contributed by atoms with van der Waals surface area (Å²) in [6, 6.07) is 0. The van der Waals surface area contributed by atoms with Gasteiger partial charge < -0.3 is 0 Å². The molecule has 3 rings (SSSR count). The molecule has 2 aromatic rings. The van der Waals surface area contributed by atoms with Crippen molar-refractivity contribution in [1.82, 2.24) is 20.1 Å². The van der Waals surface area contributed by atoms with Gasteiger partial charge in [-0.2, -0.15) is 5.10 Å². The molecule has 3 heterocycles. The van der Waals surface area contributed by atoms with Gasteiger partial charge in [-0.1, -0.05) is 20.3 Å². The Kier molecular flexibility index (Phi) is 2.58. The zero-order valence-electron chi connectivity index (χ0n) is 10.8. The minimum atomic E-state index is -0.254. The van der Waals surface area contributed by atoms with Crippen molar-refractivity contribution in [1.29, 1.82) is 0 Å². The van der Waals surface area contributed by atoms with Crippen molar-refractivity contribution in [3.63, 3.8) is 0 Å². The van der Waals surface area contributed by atoms with Crippen LogP contribution >= 0.6 is 0 Å². The molecule has 0 bridgehead atoms. The van der Waals surface area contributed by atoms with E-state index in [9.17, 15) is 9.59 Å². The topological polar surface area (TPSA) is 79.0 Å². The summed E-state index contributed by atoms with van der Waals surface area (Å²) in [7, 11) is 0. The summed E-state index contributed by atoms with van der Waals surface area (Å²) in [6.45, 7) is 4.51. The third-order valence-corrected chi connectivity index (χ3v) is 3.61. The molecule has 0 fully saturated rings. The number of rotatable bonds is 3. The fourth-order valence-electron chi connectivity index (χ4n) is 2.27. The molecule has 0 aliphatic carbocycles. The average Bonchev–Trinajstić information content (AvgIpc) is 2.97. The zero-order chi connectivity index (χ0) is 13.6. The monoisotopic (exact) mass is 258 g/mol. The van der Waals surface area contributed by atoms with Gasteiger partial charge in [-0.3, -0.25) is 19.6 Å². The van der Waals surface area contributed by atoms with Crippen LogP contribution in [0.5, 0.6) is 0 Å². The Morgan fingerprint density at radius 3 is 2.84 bits per heavy atom. The van der Waals surface area contributed by atoms with E-state index in [-0.39, 0.29) is 17.7 Å².